The third kappa shape index (κ3) is 572. The molecule has 0 aromatic heterocycles. The second-order valence-electron chi connectivity index (χ2n) is 0. The summed E-state index contributed by atoms with van der Waals surface area (Å²) in [6.07, 6.45) is 0. The summed E-state index contributed by atoms with van der Waals surface area (Å²) in [5, 5.41) is 0. The normalized spacial score (nSPS) is 0. The van der Waals surface area contributed by atoms with Crippen molar-refractivity contribution in [2.45, 2.75) is 0 Å². The molecule has 0 unspecified atom stereocenters. The second-order valence-corrected chi connectivity index (χ2v) is 0. The molecule has 0 saturated carbocycles. The third-order valence-electron chi connectivity index (χ3n) is 0. The molecule has 0 aromatic carbocycles. The van der Waals surface area contributed by atoms with Gasteiger partial charge in [-0.15, -0.1) is 0 Å². The zero-order valence-electron chi connectivity index (χ0n) is 2.68. The van der Waals surface area contributed by atoms with E-state index in [2.05, 4.69) is 0 Å². The van der Waals surface area contributed by atoms with E-state index in [1.165, 1.54) is 0 Å². The van der Waals surface area contributed by atoms with Gasteiger partial charge in [-0.3, -0.25) is 0 Å². The minimum Gasteiger partial charge on any atom is -1.00 e. The SMILES string of the molecule is [F-].[F-].[F-].[F-].[F-].[F-].[Po]. The minimum absolute atomic E-state index is 0. The van der Waals surface area contributed by atoms with Crippen molar-refractivity contribution in [1.29, 1.82) is 0 Å². The van der Waals surface area contributed by atoms with Crippen molar-refractivity contribution < 1.29 is 28.2 Å². The Balaban J connectivity index is 0. The maximum Gasteiger partial charge on any atom is 0 e. The fourth-order valence-corrected chi connectivity index (χ4v) is 0. The van der Waals surface area contributed by atoms with Crippen molar-refractivity contribution in [1.82, 2.24) is 0 Å². The molecular formula is F6Po-6. The second kappa shape index (κ2) is 857. The third-order valence-corrected chi connectivity index (χ3v) is 0. The van der Waals surface area contributed by atoms with E-state index in [9.17, 15) is 0 Å². The van der Waals surface area contributed by atoms with Crippen molar-refractivity contribution in [3.05, 3.63) is 0 Å². The van der Waals surface area contributed by atoms with Crippen LogP contribution in [0.4, 0.5) is 0 Å². The molecule has 0 aliphatic heterocycles. The van der Waals surface area contributed by atoms with E-state index in [1.807, 2.05) is 0 Å². The van der Waals surface area contributed by atoms with Crippen LogP contribution in [-0.4, -0.2) is 26.6 Å². The summed E-state index contributed by atoms with van der Waals surface area (Å²) < 4.78 is 0. The van der Waals surface area contributed by atoms with Crippen molar-refractivity contribution >= 4 is 26.6 Å². The van der Waals surface area contributed by atoms with Gasteiger partial charge in [0.25, 0.3) is 0 Å². The molecule has 0 heterocycles. The van der Waals surface area contributed by atoms with Crippen molar-refractivity contribution in [3.63, 3.8) is 0 Å². The first-order valence-electron chi connectivity index (χ1n) is 0. The van der Waals surface area contributed by atoms with Crippen LogP contribution in [0.15, 0.2) is 0 Å². The molecule has 0 rings (SSSR count). The van der Waals surface area contributed by atoms with Gasteiger partial charge in [0, 0.05) is 26.6 Å². The Kier molecular flexibility index (Phi) is 169000. The molecule has 7 heavy (non-hydrogen) atoms. The van der Waals surface area contributed by atoms with Gasteiger partial charge in [-0.2, -0.15) is 0 Å². The van der Waals surface area contributed by atoms with Crippen molar-refractivity contribution in [3.8, 4) is 0 Å². The van der Waals surface area contributed by atoms with E-state index >= 15 is 0 Å². The summed E-state index contributed by atoms with van der Waals surface area (Å²) in [4.78, 5) is 0. The van der Waals surface area contributed by atoms with Gasteiger partial charge in [0.15, 0.2) is 0 Å². The Morgan fingerprint density at radius 1 is 0.286 bits per heavy atom. The Morgan fingerprint density at radius 3 is 0.286 bits per heavy atom. The average molecular weight is 323 g/mol. The first-order chi connectivity index (χ1) is 0. The van der Waals surface area contributed by atoms with Crippen LogP contribution in [0.2, 0.25) is 0 Å². The predicted molar refractivity (Wildman–Crippen MR) is 5.75 cm³/mol. The average Bonchev–Trinajstić information content (AvgIpc) is 0. The van der Waals surface area contributed by atoms with Crippen LogP contribution in [0, 0.1) is 0 Å². The van der Waals surface area contributed by atoms with E-state index in [4.69, 9.17) is 0 Å². The van der Waals surface area contributed by atoms with Gasteiger partial charge in [-0.1, -0.05) is 0 Å². The number of halogens is 6. The number of hydrogen-bond acceptors (Lipinski definition) is 0. The fourth-order valence-electron chi connectivity index (χ4n) is 0. The quantitative estimate of drug-likeness (QED) is 0.389. The van der Waals surface area contributed by atoms with E-state index in [0.717, 1.165) is 0 Å². The largest absolute Gasteiger partial charge is 1.00 e. The van der Waals surface area contributed by atoms with Gasteiger partial charge >= 0.3 is 0 Å². The minimum atomic E-state index is 0. The zero-order chi connectivity index (χ0) is 0. The molecule has 0 spiro atoms. The zero-order valence-corrected chi connectivity index (χ0v) is 5.85. The van der Waals surface area contributed by atoms with Crippen LogP contribution < -0.4 is 28.2 Å². The van der Waals surface area contributed by atoms with Gasteiger partial charge in [0.1, 0.15) is 0 Å². The molecule has 0 bridgehead atoms. The van der Waals surface area contributed by atoms with Crippen LogP contribution in [0.1, 0.15) is 0 Å². The molecular weight excluding hydrogens is 323 g/mol. The van der Waals surface area contributed by atoms with E-state index < -0.39 is 0 Å². The van der Waals surface area contributed by atoms with Gasteiger partial charge in [0.2, 0.25) is 0 Å². The maximum absolute atomic E-state index is 0. The molecule has 0 aliphatic rings. The smallest absolute Gasteiger partial charge is 0 e. The summed E-state index contributed by atoms with van der Waals surface area (Å²) in [5.41, 5.74) is 0. The maximum atomic E-state index is 0. The molecule has 0 aromatic rings. The van der Waals surface area contributed by atoms with Crippen LogP contribution >= 0.6 is 0 Å². The number of rotatable bonds is 0. The summed E-state index contributed by atoms with van der Waals surface area (Å²) in [6, 6.07) is 0. The topological polar surface area (TPSA) is 0 Å². The van der Waals surface area contributed by atoms with E-state index in [0.29, 0.717) is 0 Å². The summed E-state index contributed by atoms with van der Waals surface area (Å²) in [5.74, 6) is 0. The molecule has 7 heteroatoms. The molecule has 0 N–H and O–H groups in total. The first kappa shape index (κ1) is 1380. The predicted octanol–water partition coefficient (Wildman–Crippen LogP) is -18.4. The molecule has 0 saturated heterocycles. The van der Waals surface area contributed by atoms with Gasteiger partial charge in [0.05, 0.1) is 0 Å². The van der Waals surface area contributed by atoms with Crippen molar-refractivity contribution in [2.24, 2.45) is 0 Å². The fraction of sp³-hybridized carbons (Fsp3) is 0. The van der Waals surface area contributed by atoms with Crippen LogP contribution in [0.5, 0.6) is 0 Å². The Morgan fingerprint density at radius 2 is 0.286 bits per heavy atom. The molecule has 2 radical (unpaired) electrons. The molecule has 0 fully saturated rings. The van der Waals surface area contributed by atoms with Crippen molar-refractivity contribution in [2.75, 3.05) is 0 Å². The Labute approximate surface area is 55.3 Å². The standard InChI is InChI=1S/6FH.Po/h6*1H;/p-6. The summed E-state index contributed by atoms with van der Waals surface area (Å²) in [7, 11) is 0. The summed E-state index contributed by atoms with van der Waals surface area (Å²) in [6.45, 7) is 0. The molecule has 0 nitrogen and oxygen atoms in total. The van der Waals surface area contributed by atoms with Gasteiger partial charge in [-0.25, -0.2) is 0 Å². The first-order valence-corrected chi connectivity index (χ1v) is 0. The van der Waals surface area contributed by atoms with Gasteiger partial charge in [-0.05, 0) is 0 Å². The monoisotopic (exact) mass is 323 g/mol. The van der Waals surface area contributed by atoms with Crippen LogP contribution in [-0.2, 0) is 0 Å². The molecule has 0 atom stereocenters. The van der Waals surface area contributed by atoms with E-state index in [-0.39, 0.29) is 54.8 Å². The molecule has 0 aliphatic carbocycles. The molecule has 54 valence electrons. The summed E-state index contributed by atoms with van der Waals surface area (Å²) >= 11 is 0. The van der Waals surface area contributed by atoms with E-state index in [1.54, 1.807) is 0 Å². The van der Waals surface area contributed by atoms with Crippen LogP contribution in [0.25, 0.3) is 0 Å². The molecule has 0 amide bonds. The Hall–Kier alpha value is 0.476. The van der Waals surface area contributed by atoms with Gasteiger partial charge < -0.3 is 28.2 Å². The van der Waals surface area contributed by atoms with Crippen LogP contribution in [0.3, 0.4) is 0 Å². The number of hydrogen-bond donors (Lipinski definition) is 0. The Bertz CT molecular complexity index is 4.14.